The molecule has 3 rings (SSSR count). The molecule has 5 heteroatoms. The third-order valence-corrected chi connectivity index (χ3v) is 3.73. The molecule has 1 aromatic carbocycles. The summed E-state index contributed by atoms with van der Waals surface area (Å²) >= 11 is 5.87. The molecule has 0 radical (unpaired) electrons. The van der Waals surface area contributed by atoms with Crippen LogP contribution in [-0.2, 0) is 0 Å². The summed E-state index contributed by atoms with van der Waals surface area (Å²) in [6.07, 6.45) is 3.58. The van der Waals surface area contributed by atoms with Crippen molar-refractivity contribution >= 4 is 28.7 Å². The Balaban J connectivity index is 1.95. The van der Waals surface area contributed by atoms with Gasteiger partial charge >= 0.3 is 0 Å². The van der Waals surface area contributed by atoms with E-state index in [1.165, 1.54) is 0 Å². The summed E-state index contributed by atoms with van der Waals surface area (Å²) < 4.78 is 1.76. The molecule has 0 aliphatic rings. The van der Waals surface area contributed by atoms with Crippen molar-refractivity contribution in [2.75, 3.05) is 11.9 Å². The molecule has 2 aromatic heterocycles. The van der Waals surface area contributed by atoms with E-state index in [1.54, 1.807) is 47.1 Å². The fourth-order valence-corrected chi connectivity index (χ4v) is 2.34. The van der Waals surface area contributed by atoms with Gasteiger partial charge in [0, 0.05) is 29.5 Å². The largest absolute Gasteiger partial charge is 0.311 e. The Kier molecular flexibility index (Phi) is 3.39. The van der Waals surface area contributed by atoms with Gasteiger partial charge in [-0.05, 0) is 48.9 Å². The summed E-state index contributed by atoms with van der Waals surface area (Å²) in [5.74, 6) is -0.0691. The average molecular weight is 300 g/mol. The molecule has 0 bridgehead atoms. The number of amides is 1. The van der Waals surface area contributed by atoms with Crippen molar-refractivity contribution in [2.24, 2.45) is 0 Å². The third-order valence-electron chi connectivity index (χ3n) is 3.48. The first-order valence-electron chi connectivity index (χ1n) is 6.54. The van der Waals surface area contributed by atoms with Crippen LogP contribution in [0, 0.1) is 6.92 Å². The smallest absolute Gasteiger partial charge is 0.258 e. The van der Waals surface area contributed by atoms with Gasteiger partial charge in [0.05, 0.1) is 11.7 Å². The minimum absolute atomic E-state index is 0.0691. The first kappa shape index (κ1) is 13.6. The van der Waals surface area contributed by atoms with Gasteiger partial charge in [-0.25, -0.2) is 4.52 Å². The molecule has 3 aromatic rings. The Labute approximate surface area is 127 Å². The molecule has 0 aliphatic heterocycles. The molecule has 0 aliphatic carbocycles. The van der Waals surface area contributed by atoms with E-state index in [-0.39, 0.29) is 5.91 Å². The molecule has 21 heavy (non-hydrogen) atoms. The third kappa shape index (κ3) is 2.50. The number of carbonyl (C=O) groups is 1. The van der Waals surface area contributed by atoms with Crippen molar-refractivity contribution in [3.05, 3.63) is 64.9 Å². The number of anilines is 1. The van der Waals surface area contributed by atoms with E-state index in [0.29, 0.717) is 10.6 Å². The second-order valence-electron chi connectivity index (χ2n) is 4.91. The van der Waals surface area contributed by atoms with Crippen molar-refractivity contribution in [3.63, 3.8) is 0 Å². The van der Waals surface area contributed by atoms with Gasteiger partial charge < -0.3 is 4.90 Å². The van der Waals surface area contributed by atoms with Gasteiger partial charge in [-0.2, -0.15) is 5.10 Å². The SMILES string of the molecule is Cc1cnn2ccc(C(=O)N(C)c3ccc(Cl)cc3)cc12. The fourth-order valence-electron chi connectivity index (χ4n) is 2.21. The van der Waals surface area contributed by atoms with E-state index >= 15 is 0 Å². The molecule has 0 saturated heterocycles. The van der Waals surface area contributed by atoms with Gasteiger partial charge in [0.25, 0.3) is 5.91 Å². The maximum Gasteiger partial charge on any atom is 0.258 e. The number of carbonyl (C=O) groups excluding carboxylic acids is 1. The zero-order valence-corrected chi connectivity index (χ0v) is 12.5. The summed E-state index contributed by atoms with van der Waals surface area (Å²) in [4.78, 5) is 14.2. The maximum absolute atomic E-state index is 12.6. The first-order valence-corrected chi connectivity index (χ1v) is 6.91. The van der Waals surface area contributed by atoms with E-state index < -0.39 is 0 Å². The predicted octanol–water partition coefficient (Wildman–Crippen LogP) is 3.57. The highest BCUT2D eigenvalue weighted by molar-refractivity contribution is 6.30. The van der Waals surface area contributed by atoms with Crippen LogP contribution < -0.4 is 4.90 Å². The van der Waals surface area contributed by atoms with Gasteiger partial charge in [0.2, 0.25) is 0 Å². The van der Waals surface area contributed by atoms with Crippen molar-refractivity contribution < 1.29 is 4.79 Å². The van der Waals surface area contributed by atoms with Crippen LogP contribution >= 0.6 is 11.6 Å². The van der Waals surface area contributed by atoms with E-state index in [0.717, 1.165) is 16.8 Å². The van der Waals surface area contributed by atoms with Crippen molar-refractivity contribution in [3.8, 4) is 0 Å². The number of aromatic nitrogens is 2. The number of hydrogen-bond donors (Lipinski definition) is 0. The van der Waals surface area contributed by atoms with E-state index in [9.17, 15) is 4.79 Å². The lowest BCUT2D eigenvalue weighted by atomic mass is 10.2. The Morgan fingerprint density at radius 3 is 2.67 bits per heavy atom. The number of fused-ring (bicyclic) bond motifs is 1. The van der Waals surface area contributed by atoms with Gasteiger partial charge in [-0.3, -0.25) is 4.79 Å². The zero-order valence-electron chi connectivity index (χ0n) is 11.7. The van der Waals surface area contributed by atoms with Gasteiger partial charge in [-0.1, -0.05) is 11.6 Å². The van der Waals surface area contributed by atoms with Crippen LogP contribution in [0.1, 0.15) is 15.9 Å². The van der Waals surface area contributed by atoms with Crippen molar-refractivity contribution in [1.29, 1.82) is 0 Å². The Bertz CT molecular complexity index is 808. The monoisotopic (exact) mass is 299 g/mol. The number of halogens is 1. The zero-order chi connectivity index (χ0) is 15.0. The lowest BCUT2D eigenvalue weighted by molar-refractivity contribution is 0.0993. The molecule has 106 valence electrons. The Morgan fingerprint density at radius 1 is 1.24 bits per heavy atom. The number of aryl methyl sites for hydroxylation is 1. The summed E-state index contributed by atoms with van der Waals surface area (Å²) in [5, 5.41) is 4.86. The van der Waals surface area contributed by atoms with Gasteiger partial charge in [-0.15, -0.1) is 0 Å². The maximum atomic E-state index is 12.6. The molecule has 4 nitrogen and oxygen atoms in total. The van der Waals surface area contributed by atoms with Crippen LogP contribution in [0.5, 0.6) is 0 Å². The normalized spacial score (nSPS) is 10.8. The van der Waals surface area contributed by atoms with Crippen molar-refractivity contribution in [2.45, 2.75) is 6.92 Å². The van der Waals surface area contributed by atoms with Crippen LogP contribution in [0.4, 0.5) is 5.69 Å². The number of rotatable bonds is 2. The Hall–Kier alpha value is -2.33. The second-order valence-corrected chi connectivity index (χ2v) is 5.35. The summed E-state index contributed by atoms with van der Waals surface area (Å²) in [5.41, 5.74) is 3.40. The highest BCUT2D eigenvalue weighted by atomic mass is 35.5. The molecule has 0 N–H and O–H groups in total. The molecule has 2 heterocycles. The highest BCUT2D eigenvalue weighted by Gasteiger charge is 2.14. The van der Waals surface area contributed by atoms with E-state index in [4.69, 9.17) is 11.6 Å². The number of pyridine rings is 1. The van der Waals surface area contributed by atoms with E-state index in [1.807, 2.05) is 25.1 Å². The van der Waals surface area contributed by atoms with Crippen LogP contribution in [0.25, 0.3) is 5.52 Å². The fraction of sp³-hybridized carbons (Fsp3) is 0.125. The van der Waals surface area contributed by atoms with Gasteiger partial charge in [0.1, 0.15) is 0 Å². The molecule has 0 saturated carbocycles. The second kappa shape index (κ2) is 5.22. The molecular formula is C16H14ClN3O. The summed E-state index contributed by atoms with van der Waals surface area (Å²) in [7, 11) is 1.75. The molecular weight excluding hydrogens is 286 g/mol. The molecule has 1 amide bonds. The van der Waals surface area contributed by atoms with Crippen molar-refractivity contribution in [1.82, 2.24) is 9.61 Å². The summed E-state index contributed by atoms with van der Waals surface area (Å²) in [6.45, 7) is 1.97. The minimum atomic E-state index is -0.0691. The number of nitrogens with zero attached hydrogens (tertiary/aromatic N) is 3. The molecule has 0 unspecified atom stereocenters. The standard InChI is InChI=1S/C16H14ClN3O/c1-11-10-18-20-8-7-12(9-15(11)20)16(21)19(2)14-5-3-13(17)4-6-14/h3-10H,1-2H3. The topological polar surface area (TPSA) is 37.6 Å². The minimum Gasteiger partial charge on any atom is -0.311 e. The van der Waals surface area contributed by atoms with Crippen LogP contribution in [0.3, 0.4) is 0 Å². The van der Waals surface area contributed by atoms with Gasteiger partial charge in [0.15, 0.2) is 0 Å². The number of hydrogen-bond acceptors (Lipinski definition) is 2. The van der Waals surface area contributed by atoms with Crippen LogP contribution in [0.15, 0.2) is 48.8 Å². The highest BCUT2D eigenvalue weighted by Crippen LogP contribution is 2.20. The quantitative estimate of drug-likeness (QED) is 0.725. The first-order chi connectivity index (χ1) is 10.1. The lowest BCUT2D eigenvalue weighted by Gasteiger charge is -2.17. The molecule has 0 spiro atoms. The van der Waals surface area contributed by atoms with Crippen LogP contribution in [-0.4, -0.2) is 22.6 Å². The van der Waals surface area contributed by atoms with E-state index in [2.05, 4.69) is 5.10 Å². The average Bonchev–Trinajstić information content (AvgIpc) is 2.87. The predicted molar refractivity (Wildman–Crippen MR) is 84.1 cm³/mol. The van der Waals surface area contributed by atoms with Crippen LogP contribution in [0.2, 0.25) is 5.02 Å². The molecule has 0 atom stereocenters. The summed E-state index contributed by atoms with van der Waals surface area (Å²) in [6, 6.07) is 10.8. The number of benzene rings is 1. The lowest BCUT2D eigenvalue weighted by Crippen LogP contribution is -2.26. The molecule has 0 fully saturated rings. The Morgan fingerprint density at radius 2 is 1.95 bits per heavy atom.